The van der Waals surface area contributed by atoms with Crippen LogP contribution < -0.4 is 0 Å². The van der Waals surface area contributed by atoms with Crippen LogP contribution in [0.4, 0.5) is 8.78 Å². The van der Waals surface area contributed by atoms with Gasteiger partial charge in [-0.15, -0.1) is 0 Å². The molecule has 0 amide bonds. The molecule has 1 atom stereocenters. The molecule has 7 heteroatoms. The van der Waals surface area contributed by atoms with Crippen LogP contribution in [0.5, 0.6) is 0 Å². The molecule has 92 valence electrons. The van der Waals surface area contributed by atoms with E-state index in [-0.39, 0.29) is 0 Å². The smallest absolute Gasteiger partial charge is 0.340 e. The highest BCUT2D eigenvalue weighted by Crippen LogP contribution is 2.21. The number of aliphatic hydroxyl groups excluding tert-OH is 1. The number of hydrogen-bond donors (Lipinski definition) is 2. The van der Waals surface area contributed by atoms with Crippen molar-refractivity contribution in [3.8, 4) is 0 Å². The molecule has 2 N–H and O–H groups in total. The number of carbonyl (C=O) groups excluding carboxylic acids is 1. The lowest BCUT2D eigenvalue weighted by atomic mass is 10.0. The van der Waals surface area contributed by atoms with Crippen molar-refractivity contribution in [2.45, 2.75) is 6.10 Å². The summed E-state index contributed by atoms with van der Waals surface area (Å²) in [7, 11) is 0.958. The van der Waals surface area contributed by atoms with Crippen LogP contribution in [0.2, 0.25) is 0 Å². The van der Waals surface area contributed by atoms with Gasteiger partial charge in [0.2, 0.25) is 0 Å². The number of ether oxygens (including phenoxy) is 1. The molecule has 0 bridgehead atoms. The Morgan fingerprint density at radius 1 is 1.35 bits per heavy atom. The Balaban J connectivity index is 3.33. The van der Waals surface area contributed by atoms with E-state index >= 15 is 0 Å². The lowest BCUT2D eigenvalue weighted by Crippen LogP contribution is -2.14. The summed E-state index contributed by atoms with van der Waals surface area (Å²) in [6.07, 6.45) is -2.05. The van der Waals surface area contributed by atoms with Gasteiger partial charge in [-0.1, -0.05) is 0 Å². The molecule has 0 heterocycles. The van der Waals surface area contributed by atoms with E-state index in [2.05, 4.69) is 4.74 Å². The molecule has 1 unspecified atom stereocenters. The van der Waals surface area contributed by atoms with Gasteiger partial charge >= 0.3 is 11.9 Å². The molecule has 0 saturated carbocycles. The number of rotatable bonds is 3. The van der Waals surface area contributed by atoms with Crippen molar-refractivity contribution >= 4 is 11.9 Å². The van der Waals surface area contributed by atoms with Crippen LogP contribution in [-0.2, 0) is 9.53 Å². The Kier molecular flexibility index (Phi) is 3.74. The van der Waals surface area contributed by atoms with Gasteiger partial charge < -0.3 is 14.9 Å². The quantitative estimate of drug-likeness (QED) is 0.773. The summed E-state index contributed by atoms with van der Waals surface area (Å²) in [5, 5.41) is 17.7. The summed E-state index contributed by atoms with van der Waals surface area (Å²) >= 11 is 0. The van der Waals surface area contributed by atoms with E-state index in [9.17, 15) is 18.4 Å². The molecule has 0 fully saturated rings. The second-order valence-electron chi connectivity index (χ2n) is 3.10. The Hall–Kier alpha value is -2.02. The second kappa shape index (κ2) is 4.88. The Morgan fingerprint density at radius 2 is 1.94 bits per heavy atom. The Morgan fingerprint density at radius 3 is 2.41 bits per heavy atom. The largest absolute Gasteiger partial charge is 0.479 e. The average molecular weight is 246 g/mol. The first kappa shape index (κ1) is 13.0. The average Bonchev–Trinajstić information content (AvgIpc) is 2.30. The van der Waals surface area contributed by atoms with Crippen LogP contribution in [0.3, 0.4) is 0 Å². The molecule has 0 saturated heterocycles. The molecular weight excluding hydrogens is 238 g/mol. The highest BCUT2D eigenvalue weighted by Gasteiger charge is 2.23. The van der Waals surface area contributed by atoms with Crippen molar-refractivity contribution in [1.82, 2.24) is 0 Å². The Bertz CT molecular complexity index is 472. The van der Waals surface area contributed by atoms with Crippen molar-refractivity contribution < 1.29 is 33.3 Å². The van der Waals surface area contributed by atoms with E-state index in [1.807, 2.05) is 0 Å². The number of carbonyl (C=O) groups is 2. The minimum Gasteiger partial charge on any atom is -0.479 e. The van der Waals surface area contributed by atoms with Crippen molar-refractivity contribution in [3.05, 3.63) is 34.9 Å². The molecular formula is C10H8F2O5. The number of aliphatic hydroxyl groups is 1. The van der Waals surface area contributed by atoms with E-state index in [4.69, 9.17) is 10.2 Å². The first-order valence-electron chi connectivity index (χ1n) is 4.36. The van der Waals surface area contributed by atoms with Crippen LogP contribution in [-0.4, -0.2) is 29.3 Å². The zero-order valence-corrected chi connectivity index (χ0v) is 8.61. The van der Waals surface area contributed by atoms with Crippen LogP contribution in [0.1, 0.15) is 22.0 Å². The molecule has 0 aliphatic heterocycles. The van der Waals surface area contributed by atoms with Crippen LogP contribution in [0, 0.1) is 11.6 Å². The zero-order chi connectivity index (χ0) is 13.2. The number of hydrogen-bond acceptors (Lipinski definition) is 4. The van der Waals surface area contributed by atoms with E-state index < -0.39 is 40.8 Å². The number of aliphatic carboxylic acids is 1. The molecule has 0 radical (unpaired) electrons. The third-order valence-electron chi connectivity index (χ3n) is 2.01. The summed E-state index contributed by atoms with van der Waals surface area (Å²) in [4.78, 5) is 21.5. The van der Waals surface area contributed by atoms with Crippen molar-refractivity contribution in [1.29, 1.82) is 0 Å². The third kappa shape index (κ3) is 2.56. The van der Waals surface area contributed by atoms with Gasteiger partial charge in [0.25, 0.3) is 0 Å². The van der Waals surface area contributed by atoms with E-state index in [1.165, 1.54) is 0 Å². The van der Waals surface area contributed by atoms with Crippen LogP contribution in [0.25, 0.3) is 0 Å². The maximum absolute atomic E-state index is 13.2. The first-order chi connectivity index (χ1) is 7.88. The SMILES string of the molecule is COC(=O)c1cc(C(O)C(=O)O)cc(F)c1F. The summed E-state index contributed by atoms with van der Waals surface area (Å²) in [5.74, 6) is -5.71. The molecule has 5 nitrogen and oxygen atoms in total. The van der Waals surface area contributed by atoms with Crippen molar-refractivity contribution in [2.75, 3.05) is 7.11 Å². The topological polar surface area (TPSA) is 83.8 Å². The van der Waals surface area contributed by atoms with Gasteiger partial charge in [-0.05, 0) is 17.7 Å². The molecule has 1 rings (SSSR count). The number of methoxy groups -OCH3 is 1. The fourth-order valence-corrected chi connectivity index (χ4v) is 1.17. The zero-order valence-electron chi connectivity index (χ0n) is 8.61. The molecule has 1 aromatic carbocycles. The summed E-state index contributed by atoms with van der Waals surface area (Å²) in [6.45, 7) is 0. The number of benzene rings is 1. The minimum atomic E-state index is -2.05. The van der Waals surface area contributed by atoms with Crippen molar-refractivity contribution in [3.63, 3.8) is 0 Å². The molecule has 1 aromatic rings. The highest BCUT2D eigenvalue weighted by molar-refractivity contribution is 5.90. The standard InChI is InChI=1S/C10H8F2O5/c1-17-10(16)5-2-4(8(13)9(14)15)3-6(11)7(5)12/h2-3,8,13H,1H3,(H,14,15). The van der Waals surface area contributed by atoms with Gasteiger partial charge in [0, 0.05) is 0 Å². The molecule has 0 spiro atoms. The Labute approximate surface area is 94.2 Å². The number of halogens is 2. The monoisotopic (exact) mass is 246 g/mol. The predicted octanol–water partition coefficient (Wildman–Crippen LogP) is 0.869. The van der Waals surface area contributed by atoms with Crippen LogP contribution >= 0.6 is 0 Å². The van der Waals surface area contributed by atoms with Gasteiger partial charge in [0.05, 0.1) is 12.7 Å². The normalized spacial score (nSPS) is 12.0. The lowest BCUT2D eigenvalue weighted by Gasteiger charge is -2.09. The number of carboxylic acid groups (broad SMARTS) is 1. The van der Waals surface area contributed by atoms with E-state index in [0.717, 1.165) is 13.2 Å². The lowest BCUT2D eigenvalue weighted by molar-refractivity contribution is -0.146. The maximum atomic E-state index is 13.2. The molecule has 17 heavy (non-hydrogen) atoms. The number of esters is 1. The molecule has 0 aromatic heterocycles. The van der Waals surface area contributed by atoms with Gasteiger partial charge in [-0.2, -0.15) is 0 Å². The van der Waals surface area contributed by atoms with E-state index in [1.54, 1.807) is 0 Å². The number of carboxylic acids is 1. The maximum Gasteiger partial charge on any atom is 0.340 e. The van der Waals surface area contributed by atoms with Crippen molar-refractivity contribution in [2.24, 2.45) is 0 Å². The predicted molar refractivity (Wildman–Crippen MR) is 50.3 cm³/mol. The van der Waals surface area contributed by atoms with Gasteiger partial charge in [-0.25, -0.2) is 18.4 Å². The van der Waals surface area contributed by atoms with Gasteiger partial charge in [-0.3, -0.25) is 0 Å². The highest BCUT2D eigenvalue weighted by atomic mass is 19.2. The minimum absolute atomic E-state index is 0.447. The summed E-state index contributed by atoms with van der Waals surface area (Å²) in [6, 6.07) is 1.23. The molecule has 0 aliphatic rings. The fourth-order valence-electron chi connectivity index (χ4n) is 1.17. The van der Waals surface area contributed by atoms with Gasteiger partial charge in [0.15, 0.2) is 17.7 Å². The third-order valence-corrected chi connectivity index (χ3v) is 2.01. The first-order valence-corrected chi connectivity index (χ1v) is 4.36. The van der Waals surface area contributed by atoms with Gasteiger partial charge in [0.1, 0.15) is 0 Å². The van der Waals surface area contributed by atoms with E-state index in [0.29, 0.717) is 6.07 Å². The second-order valence-corrected chi connectivity index (χ2v) is 3.10. The fraction of sp³-hybridized carbons (Fsp3) is 0.200. The summed E-state index contributed by atoms with van der Waals surface area (Å²) < 4.78 is 30.4. The molecule has 0 aliphatic carbocycles. The summed E-state index contributed by atoms with van der Waals surface area (Å²) in [5.41, 5.74) is -1.22. The van der Waals surface area contributed by atoms with Crippen LogP contribution in [0.15, 0.2) is 12.1 Å².